The minimum absolute atomic E-state index is 0.00904. The Morgan fingerprint density at radius 2 is 1.46 bits per heavy atom. The number of carbonyl (C=O) groups excluding carboxylic acids is 3. The molecule has 3 aliphatic carbocycles. The molecule has 4 atom stereocenters. The molecule has 3 amide bonds. The summed E-state index contributed by atoms with van der Waals surface area (Å²) in [4.78, 5) is 40.1. The van der Waals surface area contributed by atoms with Crippen LogP contribution in [0.25, 0.3) is 0 Å². The van der Waals surface area contributed by atoms with Crippen molar-refractivity contribution in [3.8, 4) is 0 Å². The lowest BCUT2D eigenvalue weighted by molar-refractivity contribution is -0.144. The number of imide groups is 1. The summed E-state index contributed by atoms with van der Waals surface area (Å²) in [7, 11) is 0. The number of hydrogen-bond donors (Lipinski definition) is 1. The van der Waals surface area contributed by atoms with Crippen molar-refractivity contribution < 1.29 is 14.4 Å². The second kappa shape index (κ2) is 6.87. The van der Waals surface area contributed by atoms with E-state index in [2.05, 4.69) is 5.32 Å². The third-order valence-electron chi connectivity index (χ3n) is 7.51. The highest BCUT2D eigenvalue weighted by Crippen LogP contribution is 2.56. The molecule has 0 aromatic heterocycles. The van der Waals surface area contributed by atoms with E-state index in [-0.39, 0.29) is 41.5 Å². The first-order valence-corrected chi connectivity index (χ1v) is 10.8. The monoisotopic (exact) mass is 400 g/mol. The van der Waals surface area contributed by atoms with E-state index >= 15 is 0 Å². The minimum Gasteiger partial charge on any atom is -0.326 e. The zero-order chi connectivity index (χ0) is 19.4. The lowest BCUT2D eigenvalue weighted by Crippen LogP contribution is -2.44. The van der Waals surface area contributed by atoms with Crippen LogP contribution in [0.2, 0.25) is 5.02 Å². The summed E-state index contributed by atoms with van der Waals surface area (Å²) in [6, 6.07) is 7.07. The molecule has 4 fully saturated rings. The summed E-state index contributed by atoms with van der Waals surface area (Å²) in [6.45, 7) is 0. The average Bonchev–Trinajstić information content (AvgIpc) is 3.38. The molecule has 0 spiro atoms. The number of carbonyl (C=O) groups is 3. The van der Waals surface area contributed by atoms with Crippen LogP contribution in [0.15, 0.2) is 24.3 Å². The Morgan fingerprint density at radius 3 is 2.04 bits per heavy atom. The standard InChI is InChI=1S/C22H25ClN2O3/c23-15-5-7-16(8-6-15)24-20(26)12-3-9-17(10-4-12)25-21(27)18-13-1-2-14(11-13)19(18)22(25)28/h5-8,12-14,17-19H,1-4,9-11H2,(H,24,26). The van der Waals surface area contributed by atoms with E-state index in [0.29, 0.717) is 29.7 Å². The lowest BCUT2D eigenvalue weighted by atomic mass is 9.81. The van der Waals surface area contributed by atoms with Gasteiger partial charge in [0.25, 0.3) is 0 Å². The largest absolute Gasteiger partial charge is 0.326 e. The van der Waals surface area contributed by atoms with Gasteiger partial charge in [0.1, 0.15) is 0 Å². The molecule has 2 bridgehead atoms. The Balaban J connectivity index is 1.20. The van der Waals surface area contributed by atoms with Gasteiger partial charge in [-0.2, -0.15) is 0 Å². The van der Waals surface area contributed by atoms with Crippen LogP contribution in [0.1, 0.15) is 44.9 Å². The van der Waals surface area contributed by atoms with Crippen LogP contribution in [0.5, 0.6) is 0 Å². The van der Waals surface area contributed by atoms with Gasteiger partial charge in [-0.25, -0.2) is 0 Å². The van der Waals surface area contributed by atoms with Crippen molar-refractivity contribution in [3.63, 3.8) is 0 Å². The van der Waals surface area contributed by atoms with Gasteiger partial charge in [-0.15, -0.1) is 0 Å². The highest BCUT2D eigenvalue weighted by Gasteiger charge is 2.61. The third-order valence-corrected chi connectivity index (χ3v) is 7.76. The predicted octanol–water partition coefficient (Wildman–Crippen LogP) is 3.87. The molecule has 6 heteroatoms. The zero-order valence-electron chi connectivity index (χ0n) is 15.8. The molecule has 1 N–H and O–H groups in total. The Kier molecular flexibility index (Phi) is 4.46. The van der Waals surface area contributed by atoms with E-state index in [4.69, 9.17) is 11.6 Å². The van der Waals surface area contributed by atoms with Gasteiger partial charge in [-0.1, -0.05) is 11.6 Å². The number of nitrogens with zero attached hydrogens (tertiary/aromatic N) is 1. The molecule has 1 saturated heterocycles. The number of nitrogens with one attached hydrogen (secondary N) is 1. The molecule has 1 aliphatic heterocycles. The van der Waals surface area contributed by atoms with Gasteiger partial charge in [-0.3, -0.25) is 19.3 Å². The summed E-state index contributed by atoms with van der Waals surface area (Å²) >= 11 is 5.88. The normalized spacial score (nSPS) is 36.7. The van der Waals surface area contributed by atoms with E-state index < -0.39 is 0 Å². The summed E-state index contributed by atoms with van der Waals surface area (Å²) in [5, 5.41) is 3.58. The number of amides is 3. The molecule has 4 aliphatic rings. The molecular formula is C22H25ClN2O3. The van der Waals surface area contributed by atoms with E-state index in [0.717, 1.165) is 37.8 Å². The van der Waals surface area contributed by atoms with Crippen LogP contribution in [0.4, 0.5) is 5.69 Å². The van der Waals surface area contributed by atoms with Crippen molar-refractivity contribution in [1.82, 2.24) is 4.90 Å². The van der Waals surface area contributed by atoms with Crippen molar-refractivity contribution in [1.29, 1.82) is 0 Å². The first-order valence-electron chi connectivity index (χ1n) is 10.5. The summed E-state index contributed by atoms with van der Waals surface area (Å²) in [5.74, 6) is 0.864. The molecular weight excluding hydrogens is 376 g/mol. The van der Waals surface area contributed by atoms with E-state index in [1.807, 2.05) is 0 Å². The zero-order valence-corrected chi connectivity index (χ0v) is 16.5. The summed E-state index contributed by atoms with van der Waals surface area (Å²) < 4.78 is 0. The minimum atomic E-state index is -0.0737. The maximum atomic E-state index is 13.0. The fourth-order valence-electron chi connectivity index (χ4n) is 6.17. The van der Waals surface area contributed by atoms with Crippen molar-refractivity contribution in [2.45, 2.75) is 51.0 Å². The van der Waals surface area contributed by atoms with Crippen molar-refractivity contribution >= 4 is 35.0 Å². The van der Waals surface area contributed by atoms with Crippen LogP contribution < -0.4 is 5.32 Å². The Bertz CT molecular complexity index is 788. The van der Waals surface area contributed by atoms with Gasteiger partial charge in [0, 0.05) is 22.7 Å². The van der Waals surface area contributed by atoms with Gasteiger partial charge in [0.05, 0.1) is 11.8 Å². The van der Waals surface area contributed by atoms with Crippen LogP contribution in [0.3, 0.4) is 0 Å². The number of anilines is 1. The smallest absolute Gasteiger partial charge is 0.233 e. The molecule has 5 nitrogen and oxygen atoms in total. The maximum Gasteiger partial charge on any atom is 0.233 e. The average molecular weight is 401 g/mol. The second-order valence-electron chi connectivity index (χ2n) is 8.93. The van der Waals surface area contributed by atoms with Crippen molar-refractivity contribution in [3.05, 3.63) is 29.3 Å². The van der Waals surface area contributed by atoms with Gasteiger partial charge in [0.15, 0.2) is 0 Å². The molecule has 1 heterocycles. The van der Waals surface area contributed by atoms with E-state index in [1.165, 1.54) is 0 Å². The van der Waals surface area contributed by atoms with Gasteiger partial charge in [0.2, 0.25) is 17.7 Å². The fraction of sp³-hybridized carbons (Fsp3) is 0.591. The molecule has 3 saturated carbocycles. The molecule has 5 rings (SSSR count). The Labute approximate surface area is 169 Å². The highest BCUT2D eigenvalue weighted by molar-refractivity contribution is 6.30. The summed E-state index contributed by atoms with van der Waals surface area (Å²) in [5.41, 5.74) is 0.740. The van der Waals surface area contributed by atoms with Crippen LogP contribution >= 0.6 is 11.6 Å². The van der Waals surface area contributed by atoms with Crippen LogP contribution in [-0.4, -0.2) is 28.7 Å². The number of benzene rings is 1. The van der Waals surface area contributed by atoms with E-state index in [9.17, 15) is 14.4 Å². The number of fused-ring (bicyclic) bond motifs is 5. The van der Waals surface area contributed by atoms with E-state index in [1.54, 1.807) is 29.2 Å². The Hall–Kier alpha value is -1.88. The summed E-state index contributed by atoms with van der Waals surface area (Å²) in [6.07, 6.45) is 6.16. The molecule has 1 aromatic carbocycles. The van der Waals surface area contributed by atoms with Gasteiger partial charge in [-0.05, 0) is 81.0 Å². The quantitative estimate of drug-likeness (QED) is 0.783. The molecule has 28 heavy (non-hydrogen) atoms. The highest BCUT2D eigenvalue weighted by atomic mass is 35.5. The number of likely N-dealkylation sites (tertiary alicyclic amines) is 1. The van der Waals surface area contributed by atoms with Gasteiger partial charge < -0.3 is 5.32 Å². The molecule has 0 radical (unpaired) electrons. The van der Waals surface area contributed by atoms with Crippen LogP contribution in [-0.2, 0) is 14.4 Å². The SMILES string of the molecule is O=C(Nc1ccc(Cl)cc1)C1CCC(N2C(=O)C3C4CCC(C4)C3C2=O)CC1. The number of rotatable bonds is 3. The molecule has 4 unspecified atom stereocenters. The maximum absolute atomic E-state index is 13.0. The third kappa shape index (κ3) is 2.86. The Morgan fingerprint density at radius 1 is 0.893 bits per heavy atom. The second-order valence-corrected chi connectivity index (χ2v) is 9.37. The predicted molar refractivity (Wildman–Crippen MR) is 105 cm³/mol. The molecule has 148 valence electrons. The number of hydrogen-bond acceptors (Lipinski definition) is 3. The lowest BCUT2D eigenvalue weighted by Gasteiger charge is -2.33. The topological polar surface area (TPSA) is 66.5 Å². The van der Waals surface area contributed by atoms with Crippen LogP contribution in [0, 0.1) is 29.6 Å². The first-order chi connectivity index (χ1) is 13.5. The molecule has 1 aromatic rings. The fourth-order valence-corrected chi connectivity index (χ4v) is 6.29. The number of halogens is 1. The first kappa shape index (κ1) is 18.2. The van der Waals surface area contributed by atoms with Crippen molar-refractivity contribution in [2.24, 2.45) is 29.6 Å². The van der Waals surface area contributed by atoms with Gasteiger partial charge >= 0.3 is 0 Å². The van der Waals surface area contributed by atoms with Crippen molar-refractivity contribution in [2.75, 3.05) is 5.32 Å².